The molecule has 1 N–H and O–H groups in total. The summed E-state index contributed by atoms with van der Waals surface area (Å²) in [5.74, 6) is -0.0858. The Morgan fingerprint density at radius 3 is 2.04 bits per heavy atom. The van der Waals surface area contributed by atoms with Crippen LogP contribution in [0.5, 0.6) is 0 Å². The molecule has 0 spiro atoms. The number of hydrogen-bond donors (Lipinski definition) is 1. The van der Waals surface area contributed by atoms with Crippen LogP contribution in [0, 0.1) is 35.5 Å². The Kier molecular flexibility index (Phi) is 3.12. The number of hydrogen-bond acceptors (Lipinski definition) is 4. The maximum absolute atomic E-state index is 12.9. The second kappa shape index (κ2) is 5.19. The number of benzene rings is 1. The zero-order valence-corrected chi connectivity index (χ0v) is 14.8. The molecule has 134 valence electrons. The summed E-state index contributed by atoms with van der Waals surface area (Å²) >= 11 is 0. The summed E-state index contributed by atoms with van der Waals surface area (Å²) in [5, 5.41) is 0.981. The van der Waals surface area contributed by atoms with Gasteiger partial charge in [-0.25, -0.2) is 0 Å². The SMILES string of the molecule is CN(C)c1ccc(C(=O)NN2C(=O)[C@@H]3C4C=CC(C5CC54)[C@@H]3C2=O)cc1. The molecule has 3 fully saturated rings. The summed E-state index contributed by atoms with van der Waals surface area (Å²) in [7, 11) is 3.84. The van der Waals surface area contributed by atoms with Crippen LogP contribution in [0.3, 0.4) is 0 Å². The van der Waals surface area contributed by atoms with E-state index in [1.807, 2.05) is 31.1 Å². The average molecular weight is 351 g/mol. The van der Waals surface area contributed by atoms with Crippen molar-refractivity contribution < 1.29 is 14.4 Å². The van der Waals surface area contributed by atoms with E-state index in [-0.39, 0.29) is 35.5 Å². The lowest BCUT2D eigenvalue weighted by atomic mass is 9.63. The highest BCUT2D eigenvalue weighted by Crippen LogP contribution is 2.65. The van der Waals surface area contributed by atoms with Crippen molar-refractivity contribution in [1.82, 2.24) is 10.4 Å². The maximum atomic E-state index is 12.9. The Morgan fingerprint density at radius 1 is 1.00 bits per heavy atom. The minimum absolute atomic E-state index is 0.160. The molecule has 6 nitrogen and oxygen atoms in total. The standard InChI is InChI=1S/C20H21N3O3/c1-22(2)11-5-3-10(4-6-11)18(24)21-23-19(25)16-12-7-8-13(15-9-14(12)15)17(16)20(23)26/h3-8,12-17H,9H2,1-2H3,(H,21,24)/t12?,13?,14?,15?,16-,17+. The van der Waals surface area contributed by atoms with Gasteiger partial charge in [0.1, 0.15) is 0 Å². The van der Waals surface area contributed by atoms with E-state index >= 15 is 0 Å². The van der Waals surface area contributed by atoms with Crippen LogP contribution in [0.4, 0.5) is 5.69 Å². The Labute approximate surface area is 151 Å². The Balaban J connectivity index is 1.36. The summed E-state index contributed by atoms with van der Waals surface area (Å²) in [4.78, 5) is 40.2. The van der Waals surface area contributed by atoms with Gasteiger partial charge in [-0.15, -0.1) is 0 Å². The normalized spacial score (nSPS) is 36.0. The minimum atomic E-state index is -0.430. The van der Waals surface area contributed by atoms with Gasteiger partial charge in [0.15, 0.2) is 0 Å². The molecule has 1 aliphatic heterocycles. The van der Waals surface area contributed by atoms with Crippen molar-refractivity contribution in [1.29, 1.82) is 0 Å². The van der Waals surface area contributed by atoms with E-state index in [0.29, 0.717) is 17.4 Å². The van der Waals surface area contributed by atoms with Gasteiger partial charge in [0.2, 0.25) is 0 Å². The maximum Gasteiger partial charge on any atom is 0.270 e. The molecular weight excluding hydrogens is 330 g/mol. The van der Waals surface area contributed by atoms with Gasteiger partial charge in [0, 0.05) is 25.3 Å². The van der Waals surface area contributed by atoms with Crippen molar-refractivity contribution >= 4 is 23.4 Å². The molecule has 3 amide bonds. The highest BCUT2D eigenvalue weighted by molar-refractivity contribution is 6.08. The van der Waals surface area contributed by atoms with Crippen LogP contribution in [-0.2, 0) is 9.59 Å². The van der Waals surface area contributed by atoms with Gasteiger partial charge in [0.05, 0.1) is 11.8 Å². The number of imide groups is 1. The summed E-state index contributed by atoms with van der Waals surface area (Å²) in [6, 6.07) is 7.06. The lowest BCUT2D eigenvalue weighted by Crippen LogP contribution is -2.46. The monoisotopic (exact) mass is 351 g/mol. The van der Waals surface area contributed by atoms with Crippen LogP contribution in [-0.4, -0.2) is 36.8 Å². The van der Waals surface area contributed by atoms with Gasteiger partial charge in [0.25, 0.3) is 17.7 Å². The highest BCUT2D eigenvalue weighted by Gasteiger charge is 2.67. The third kappa shape index (κ3) is 2.01. The largest absolute Gasteiger partial charge is 0.378 e. The molecule has 0 radical (unpaired) electrons. The van der Waals surface area contributed by atoms with Crippen molar-refractivity contribution in [2.75, 3.05) is 19.0 Å². The molecule has 5 aliphatic rings. The number of anilines is 1. The number of carbonyl (C=O) groups excluding carboxylic acids is 3. The molecule has 6 heteroatoms. The Morgan fingerprint density at radius 2 is 1.54 bits per heavy atom. The van der Waals surface area contributed by atoms with Gasteiger partial charge in [-0.3, -0.25) is 19.8 Å². The number of rotatable bonds is 3. The summed E-state index contributed by atoms with van der Waals surface area (Å²) in [6.07, 6.45) is 5.37. The third-order valence-corrected chi connectivity index (χ3v) is 6.52. The van der Waals surface area contributed by atoms with Gasteiger partial charge < -0.3 is 4.90 Å². The van der Waals surface area contributed by atoms with Crippen molar-refractivity contribution in [2.45, 2.75) is 6.42 Å². The fourth-order valence-electron chi connectivity index (χ4n) is 5.14. The Hall–Kier alpha value is -2.63. The molecule has 4 unspecified atom stereocenters. The first-order valence-corrected chi connectivity index (χ1v) is 9.12. The molecule has 6 rings (SSSR count). The van der Waals surface area contributed by atoms with Gasteiger partial charge in [-0.1, -0.05) is 12.2 Å². The smallest absolute Gasteiger partial charge is 0.270 e. The van der Waals surface area contributed by atoms with Crippen molar-refractivity contribution in [3.63, 3.8) is 0 Å². The summed E-state index contributed by atoms with van der Waals surface area (Å²) < 4.78 is 0. The van der Waals surface area contributed by atoms with Gasteiger partial charge >= 0.3 is 0 Å². The van der Waals surface area contributed by atoms with Crippen molar-refractivity contribution in [3.8, 4) is 0 Å². The zero-order valence-electron chi connectivity index (χ0n) is 14.8. The first-order chi connectivity index (χ1) is 12.5. The number of amides is 3. The molecule has 2 bridgehead atoms. The second-order valence-corrected chi connectivity index (χ2v) is 8.05. The fourth-order valence-corrected chi connectivity index (χ4v) is 5.14. The molecule has 6 atom stereocenters. The van der Waals surface area contributed by atoms with Crippen LogP contribution in [0.25, 0.3) is 0 Å². The van der Waals surface area contributed by atoms with E-state index in [4.69, 9.17) is 0 Å². The number of hydrazine groups is 1. The first-order valence-electron chi connectivity index (χ1n) is 9.12. The van der Waals surface area contributed by atoms with E-state index in [1.165, 1.54) is 0 Å². The molecular formula is C20H21N3O3. The fraction of sp³-hybridized carbons (Fsp3) is 0.450. The number of carbonyl (C=O) groups is 3. The van der Waals surface area contributed by atoms with Crippen LogP contribution < -0.4 is 10.3 Å². The molecule has 2 saturated carbocycles. The molecule has 1 saturated heterocycles. The molecule has 0 aromatic heterocycles. The van der Waals surface area contributed by atoms with Crippen molar-refractivity contribution in [3.05, 3.63) is 42.0 Å². The van der Waals surface area contributed by atoms with Crippen molar-refractivity contribution in [2.24, 2.45) is 35.5 Å². The van der Waals surface area contributed by atoms with Crippen LogP contribution in [0.1, 0.15) is 16.8 Å². The molecule has 4 aliphatic carbocycles. The van der Waals surface area contributed by atoms with E-state index in [2.05, 4.69) is 17.6 Å². The number of allylic oxidation sites excluding steroid dienone is 2. The number of nitrogens with one attached hydrogen (secondary N) is 1. The van der Waals surface area contributed by atoms with Crippen LogP contribution in [0.2, 0.25) is 0 Å². The lowest BCUT2D eigenvalue weighted by Gasteiger charge is -2.37. The zero-order chi connectivity index (χ0) is 18.2. The summed E-state index contributed by atoms with van der Waals surface area (Å²) in [6.45, 7) is 0. The van der Waals surface area contributed by atoms with E-state index in [1.54, 1.807) is 12.1 Å². The quantitative estimate of drug-likeness (QED) is 0.661. The second-order valence-electron chi connectivity index (χ2n) is 8.05. The van der Waals surface area contributed by atoms with Crippen LogP contribution in [0.15, 0.2) is 36.4 Å². The number of nitrogens with zero attached hydrogens (tertiary/aromatic N) is 2. The van der Waals surface area contributed by atoms with E-state index < -0.39 is 5.91 Å². The third-order valence-electron chi connectivity index (χ3n) is 6.52. The molecule has 1 aromatic carbocycles. The topological polar surface area (TPSA) is 69.7 Å². The van der Waals surface area contributed by atoms with E-state index in [0.717, 1.165) is 17.1 Å². The molecule has 1 aromatic rings. The molecule has 1 heterocycles. The van der Waals surface area contributed by atoms with Gasteiger partial charge in [-0.2, -0.15) is 5.01 Å². The predicted octanol–water partition coefficient (Wildman–Crippen LogP) is 1.45. The van der Waals surface area contributed by atoms with Crippen LogP contribution >= 0.6 is 0 Å². The lowest BCUT2D eigenvalue weighted by molar-refractivity contribution is -0.143. The van der Waals surface area contributed by atoms with E-state index in [9.17, 15) is 14.4 Å². The Bertz CT molecular complexity index is 808. The van der Waals surface area contributed by atoms with Gasteiger partial charge in [-0.05, 0) is 54.4 Å². The average Bonchev–Trinajstić information content (AvgIpc) is 3.43. The molecule has 26 heavy (non-hydrogen) atoms. The predicted molar refractivity (Wildman–Crippen MR) is 94.8 cm³/mol. The minimum Gasteiger partial charge on any atom is -0.378 e. The summed E-state index contributed by atoms with van der Waals surface area (Å²) in [5.41, 5.74) is 3.95. The first kappa shape index (κ1) is 15.6. The highest BCUT2D eigenvalue weighted by atomic mass is 16.2.